The van der Waals surface area contributed by atoms with Crippen LogP contribution in [0.3, 0.4) is 0 Å². The quantitative estimate of drug-likeness (QED) is 0.643. The molecule has 0 aliphatic heterocycles. The highest BCUT2D eigenvalue weighted by atomic mass is 16.4. The fraction of sp³-hybridized carbons (Fsp3) is 0.500. The minimum absolute atomic E-state index is 0.0706. The lowest BCUT2D eigenvalue weighted by Crippen LogP contribution is -2.37. The zero-order valence-corrected chi connectivity index (χ0v) is 15.0. The maximum atomic E-state index is 12.1. The molecule has 0 radical (unpaired) electrons. The second-order valence-corrected chi connectivity index (χ2v) is 6.86. The van der Waals surface area contributed by atoms with Gasteiger partial charge in [-0.25, -0.2) is 0 Å². The van der Waals surface area contributed by atoms with Gasteiger partial charge in [0, 0.05) is 0 Å². The Bertz CT molecular complexity index is 600. The molecule has 2 atom stereocenters. The van der Waals surface area contributed by atoms with E-state index in [1.807, 2.05) is 18.2 Å². The van der Waals surface area contributed by atoms with Crippen molar-refractivity contribution in [3.8, 4) is 0 Å². The lowest BCUT2D eigenvalue weighted by Gasteiger charge is -2.35. The van der Waals surface area contributed by atoms with Crippen LogP contribution in [0.25, 0.3) is 0 Å². The van der Waals surface area contributed by atoms with Gasteiger partial charge >= 0.3 is 5.97 Å². The Hall–Kier alpha value is -1.83. The van der Waals surface area contributed by atoms with E-state index in [4.69, 9.17) is 0 Å². The third kappa shape index (κ3) is 4.17. The summed E-state index contributed by atoms with van der Waals surface area (Å²) in [5.41, 5.74) is 2.05. The first-order chi connectivity index (χ1) is 11.6. The average molecular weight is 326 g/mol. The van der Waals surface area contributed by atoms with Gasteiger partial charge in [0.1, 0.15) is 0 Å². The Kier molecular flexibility index (Phi) is 6.84. The van der Waals surface area contributed by atoms with Gasteiger partial charge in [-0.05, 0) is 42.7 Å². The van der Waals surface area contributed by atoms with Crippen LogP contribution < -0.4 is 0 Å². The van der Waals surface area contributed by atoms with E-state index in [2.05, 4.69) is 44.2 Å². The number of unbranched alkanes of at least 4 members (excludes halogenated alkanes) is 1. The average Bonchev–Trinajstić information content (AvgIpc) is 2.60. The highest BCUT2D eigenvalue weighted by Gasteiger charge is 2.42. The maximum absolute atomic E-state index is 12.1. The van der Waals surface area contributed by atoms with Crippen LogP contribution in [-0.2, 0) is 17.6 Å². The molecule has 0 heterocycles. The predicted molar refractivity (Wildman–Crippen MR) is 100 cm³/mol. The summed E-state index contributed by atoms with van der Waals surface area (Å²) in [6, 6.07) is 8.59. The SMILES string of the molecule is CCCCC1(C(=O)O)C=CC=CC1CCc1ccccc1CCC. The van der Waals surface area contributed by atoms with Crippen molar-refractivity contribution in [2.75, 3.05) is 0 Å². The molecule has 0 saturated carbocycles. The molecule has 1 aromatic carbocycles. The van der Waals surface area contributed by atoms with E-state index in [-0.39, 0.29) is 5.92 Å². The Morgan fingerprint density at radius 2 is 1.79 bits per heavy atom. The van der Waals surface area contributed by atoms with Gasteiger partial charge in [0.15, 0.2) is 0 Å². The Labute approximate surface area is 146 Å². The molecule has 24 heavy (non-hydrogen) atoms. The van der Waals surface area contributed by atoms with Gasteiger partial charge in [0.2, 0.25) is 0 Å². The number of benzene rings is 1. The van der Waals surface area contributed by atoms with Crippen LogP contribution in [0.1, 0.15) is 57.1 Å². The van der Waals surface area contributed by atoms with Crippen LogP contribution in [-0.4, -0.2) is 11.1 Å². The zero-order valence-electron chi connectivity index (χ0n) is 15.0. The Balaban J connectivity index is 2.16. The van der Waals surface area contributed by atoms with Crippen LogP contribution in [0.5, 0.6) is 0 Å². The van der Waals surface area contributed by atoms with Crippen LogP contribution in [0, 0.1) is 11.3 Å². The lowest BCUT2D eigenvalue weighted by atomic mass is 9.67. The summed E-state index contributed by atoms with van der Waals surface area (Å²) in [6.45, 7) is 4.32. The molecule has 0 spiro atoms. The van der Waals surface area contributed by atoms with Crippen molar-refractivity contribution < 1.29 is 9.90 Å². The number of hydrogen-bond acceptors (Lipinski definition) is 1. The maximum Gasteiger partial charge on any atom is 0.314 e. The molecule has 2 unspecified atom stereocenters. The zero-order chi connectivity index (χ0) is 17.4. The van der Waals surface area contributed by atoms with E-state index in [9.17, 15) is 9.90 Å². The normalized spacial score (nSPS) is 22.7. The highest BCUT2D eigenvalue weighted by molar-refractivity contribution is 5.78. The summed E-state index contributed by atoms with van der Waals surface area (Å²) in [6.07, 6.45) is 14.7. The predicted octanol–water partition coefficient (Wildman–Crippen LogP) is 5.58. The van der Waals surface area contributed by atoms with Crippen LogP contribution in [0.15, 0.2) is 48.6 Å². The first-order valence-electron chi connectivity index (χ1n) is 9.30. The molecule has 1 aliphatic carbocycles. The molecule has 2 nitrogen and oxygen atoms in total. The first-order valence-corrected chi connectivity index (χ1v) is 9.30. The number of rotatable bonds is 9. The van der Waals surface area contributed by atoms with Crippen LogP contribution >= 0.6 is 0 Å². The van der Waals surface area contributed by atoms with Gasteiger partial charge in [0.05, 0.1) is 5.41 Å². The van der Waals surface area contributed by atoms with Crippen molar-refractivity contribution in [2.45, 2.75) is 58.8 Å². The molecule has 0 amide bonds. The second kappa shape index (κ2) is 8.86. The highest BCUT2D eigenvalue weighted by Crippen LogP contribution is 2.41. The Morgan fingerprint density at radius 3 is 2.42 bits per heavy atom. The molecule has 2 heteroatoms. The number of hydrogen-bond donors (Lipinski definition) is 1. The van der Waals surface area contributed by atoms with Crippen molar-refractivity contribution in [3.63, 3.8) is 0 Å². The lowest BCUT2D eigenvalue weighted by molar-refractivity contribution is -0.148. The molecule has 1 aromatic rings. The van der Waals surface area contributed by atoms with E-state index >= 15 is 0 Å². The van der Waals surface area contributed by atoms with E-state index in [0.29, 0.717) is 0 Å². The monoisotopic (exact) mass is 326 g/mol. The van der Waals surface area contributed by atoms with Crippen LogP contribution in [0.4, 0.5) is 0 Å². The largest absolute Gasteiger partial charge is 0.481 e. The number of carbonyl (C=O) groups is 1. The van der Waals surface area contributed by atoms with E-state index in [1.165, 1.54) is 11.1 Å². The van der Waals surface area contributed by atoms with Crippen LogP contribution in [0.2, 0.25) is 0 Å². The summed E-state index contributed by atoms with van der Waals surface area (Å²) >= 11 is 0. The van der Waals surface area contributed by atoms with E-state index < -0.39 is 11.4 Å². The van der Waals surface area contributed by atoms with Gasteiger partial charge < -0.3 is 5.11 Å². The summed E-state index contributed by atoms with van der Waals surface area (Å²) in [5.74, 6) is -0.607. The van der Waals surface area contributed by atoms with Gasteiger partial charge in [-0.2, -0.15) is 0 Å². The fourth-order valence-electron chi connectivity index (χ4n) is 3.78. The van der Waals surface area contributed by atoms with Gasteiger partial charge in [-0.3, -0.25) is 4.79 Å². The smallest absolute Gasteiger partial charge is 0.314 e. The molecule has 2 rings (SSSR count). The number of allylic oxidation sites excluding steroid dienone is 3. The molecule has 0 saturated heterocycles. The number of aryl methyl sites for hydroxylation is 2. The molecule has 0 aromatic heterocycles. The molecule has 0 fully saturated rings. The summed E-state index contributed by atoms with van der Waals surface area (Å²) < 4.78 is 0. The second-order valence-electron chi connectivity index (χ2n) is 6.86. The summed E-state index contributed by atoms with van der Waals surface area (Å²) in [7, 11) is 0. The third-order valence-corrected chi connectivity index (χ3v) is 5.21. The molecule has 130 valence electrons. The van der Waals surface area contributed by atoms with Gasteiger partial charge in [-0.1, -0.05) is 81.7 Å². The standard InChI is InChI=1S/C22H30O2/c1-3-5-16-22(21(23)24)17-9-8-13-20(22)15-14-19-12-7-6-11-18(19)10-4-2/h6-9,11-13,17,20H,3-5,10,14-16H2,1-2H3,(H,23,24). The minimum Gasteiger partial charge on any atom is -0.481 e. The van der Waals surface area contributed by atoms with Gasteiger partial charge in [0.25, 0.3) is 0 Å². The van der Waals surface area contributed by atoms with Crippen molar-refractivity contribution in [3.05, 3.63) is 59.7 Å². The third-order valence-electron chi connectivity index (χ3n) is 5.21. The van der Waals surface area contributed by atoms with Crippen molar-refractivity contribution in [1.82, 2.24) is 0 Å². The van der Waals surface area contributed by atoms with Crippen molar-refractivity contribution >= 4 is 5.97 Å². The molecule has 1 aliphatic rings. The van der Waals surface area contributed by atoms with E-state index in [1.54, 1.807) is 0 Å². The minimum atomic E-state index is -0.732. The Morgan fingerprint density at radius 1 is 1.08 bits per heavy atom. The molecular weight excluding hydrogens is 296 g/mol. The number of carboxylic acids is 1. The topological polar surface area (TPSA) is 37.3 Å². The van der Waals surface area contributed by atoms with Crippen molar-refractivity contribution in [1.29, 1.82) is 0 Å². The summed E-state index contributed by atoms with van der Waals surface area (Å²) in [5, 5.41) is 9.94. The summed E-state index contributed by atoms with van der Waals surface area (Å²) in [4.78, 5) is 12.1. The number of aliphatic carboxylic acids is 1. The molecular formula is C22H30O2. The molecule has 1 N–H and O–H groups in total. The van der Waals surface area contributed by atoms with Gasteiger partial charge in [-0.15, -0.1) is 0 Å². The first kappa shape index (κ1) is 18.5. The number of carboxylic acid groups (broad SMARTS) is 1. The van der Waals surface area contributed by atoms with Crippen molar-refractivity contribution in [2.24, 2.45) is 11.3 Å². The molecule has 0 bridgehead atoms. The fourth-order valence-corrected chi connectivity index (χ4v) is 3.78. The van der Waals surface area contributed by atoms with E-state index in [0.717, 1.165) is 44.9 Å².